The maximum absolute atomic E-state index is 13.6. The van der Waals surface area contributed by atoms with Gasteiger partial charge in [-0.25, -0.2) is 0 Å². The lowest BCUT2D eigenvalue weighted by atomic mass is 9.94. The van der Waals surface area contributed by atoms with E-state index in [1.165, 1.54) is 45.3 Å². The summed E-state index contributed by atoms with van der Waals surface area (Å²) in [6.07, 6.45) is 10.1. The molecule has 3 aliphatic heterocycles. The molecule has 1 unspecified atom stereocenters. The smallest absolute Gasteiger partial charge is 0.250 e. The molecule has 5 heteroatoms. The first-order chi connectivity index (χ1) is 14.7. The first-order valence-electron chi connectivity index (χ1n) is 12.1. The molecule has 4 rings (SSSR count). The lowest BCUT2D eigenvalue weighted by molar-refractivity contribution is -0.148. The fourth-order valence-corrected chi connectivity index (χ4v) is 5.38. The lowest BCUT2D eigenvalue weighted by Crippen LogP contribution is -2.49. The minimum absolute atomic E-state index is 0.115. The number of amides is 2. The molecule has 1 atom stereocenters. The molecule has 2 amide bonds. The Morgan fingerprint density at radius 3 is 2.20 bits per heavy atom. The third-order valence-electron chi connectivity index (χ3n) is 7.16. The Morgan fingerprint density at radius 2 is 1.53 bits per heavy atom. The number of carbonyl (C=O) groups is 2. The van der Waals surface area contributed by atoms with Gasteiger partial charge in [0.2, 0.25) is 11.8 Å². The van der Waals surface area contributed by atoms with E-state index < -0.39 is 6.04 Å². The van der Waals surface area contributed by atoms with Crippen molar-refractivity contribution < 1.29 is 9.59 Å². The van der Waals surface area contributed by atoms with Gasteiger partial charge < -0.3 is 14.7 Å². The molecular weight excluding hydrogens is 374 g/mol. The second kappa shape index (κ2) is 10.4. The van der Waals surface area contributed by atoms with Crippen LogP contribution in [-0.2, 0) is 9.59 Å². The van der Waals surface area contributed by atoms with E-state index in [0.29, 0.717) is 18.9 Å². The Kier molecular flexibility index (Phi) is 7.42. The quantitative estimate of drug-likeness (QED) is 0.739. The number of carbonyl (C=O) groups excluding carboxylic acids is 2. The van der Waals surface area contributed by atoms with Gasteiger partial charge >= 0.3 is 0 Å². The van der Waals surface area contributed by atoms with Crippen LogP contribution in [0.4, 0.5) is 0 Å². The lowest BCUT2D eigenvalue weighted by Gasteiger charge is -2.40. The van der Waals surface area contributed by atoms with Crippen LogP contribution in [0.15, 0.2) is 30.3 Å². The van der Waals surface area contributed by atoms with Crippen molar-refractivity contribution in [2.24, 2.45) is 5.92 Å². The molecule has 1 aromatic rings. The predicted molar refractivity (Wildman–Crippen MR) is 119 cm³/mol. The Bertz CT molecular complexity index is 692. The van der Waals surface area contributed by atoms with E-state index in [1.54, 1.807) is 0 Å². The van der Waals surface area contributed by atoms with E-state index >= 15 is 0 Å². The van der Waals surface area contributed by atoms with E-state index in [0.717, 1.165) is 44.3 Å². The topological polar surface area (TPSA) is 43.9 Å². The molecule has 3 aliphatic rings. The second-order valence-corrected chi connectivity index (χ2v) is 9.34. The number of hydrogen-bond acceptors (Lipinski definition) is 3. The van der Waals surface area contributed by atoms with Crippen LogP contribution in [0.25, 0.3) is 0 Å². The molecule has 5 nitrogen and oxygen atoms in total. The van der Waals surface area contributed by atoms with Gasteiger partial charge in [0, 0.05) is 32.6 Å². The van der Waals surface area contributed by atoms with Gasteiger partial charge in [-0.05, 0) is 63.1 Å². The minimum Gasteiger partial charge on any atom is -0.341 e. The summed E-state index contributed by atoms with van der Waals surface area (Å²) in [5, 5.41) is 0. The predicted octanol–water partition coefficient (Wildman–Crippen LogP) is 3.85. The van der Waals surface area contributed by atoms with E-state index in [-0.39, 0.29) is 11.8 Å². The van der Waals surface area contributed by atoms with Crippen LogP contribution in [0, 0.1) is 5.92 Å². The highest BCUT2D eigenvalue weighted by Gasteiger charge is 2.36. The molecule has 0 aromatic heterocycles. The largest absolute Gasteiger partial charge is 0.341 e. The monoisotopic (exact) mass is 411 g/mol. The van der Waals surface area contributed by atoms with E-state index in [2.05, 4.69) is 4.90 Å². The van der Waals surface area contributed by atoms with Gasteiger partial charge in [0.05, 0.1) is 0 Å². The molecule has 164 valence electrons. The van der Waals surface area contributed by atoms with Crippen LogP contribution in [0.1, 0.15) is 69.4 Å². The highest BCUT2D eigenvalue weighted by Crippen LogP contribution is 2.29. The van der Waals surface area contributed by atoms with Gasteiger partial charge in [-0.3, -0.25) is 9.59 Å². The number of benzene rings is 1. The Morgan fingerprint density at radius 1 is 0.867 bits per heavy atom. The molecule has 1 aromatic carbocycles. The van der Waals surface area contributed by atoms with E-state index in [9.17, 15) is 9.59 Å². The summed E-state index contributed by atoms with van der Waals surface area (Å²) in [7, 11) is 0. The maximum Gasteiger partial charge on any atom is 0.250 e. The number of rotatable bonds is 5. The van der Waals surface area contributed by atoms with Crippen molar-refractivity contribution in [2.75, 3.05) is 39.3 Å². The van der Waals surface area contributed by atoms with Crippen LogP contribution in [0.5, 0.6) is 0 Å². The molecule has 0 N–H and O–H groups in total. The van der Waals surface area contributed by atoms with Crippen molar-refractivity contribution in [3.63, 3.8) is 0 Å². The number of piperidine rings is 2. The SMILES string of the molecule is O=C(C(c1ccccc1)N1CCCCC1=O)N1CCC(CN2CCCCCC2)CC1. The maximum atomic E-state index is 13.6. The zero-order valence-electron chi connectivity index (χ0n) is 18.3. The number of hydrogen-bond donors (Lipinski definition) is 0. The summed E-state index contributed by atoms with van der Waals surface area (Å²) in [5.41, 5.74) is 0.949. The standard InChI is InChI=1S/C25H37N3O2/c29-23-12-6-9-17-28(23)24(22-10-4-3-5-11-22)25(30)27-18-13-21(14-19-27)20-26-15-7-1-2-8-16-26/h3-5,10-11,21,24H,1-2,6-9,12-20H2. The fourth-order valence-electron chi connectivity index (χ4n) is 5.38. The fraction of sp³-hybridized carbons (Fsp3) is 0.680. The van der Waals surface area contributed by atoms with Crippen molar-refractivity contribution >= 4 is 11.8 Å². The Labute approximate surface area is 181 Å². The van der Waals surface area contributed by atoms with Crippen molar-refractivity contribution in [3.8, 4) is 0 Å². The summed E-state index contributed by atoms with van der Waals surface area (Å²) in [6, 6.07) is 9.44. The van der Waals surface area contributed by atoms with Gasteiger partial charge in [-0.1, -0.05) is 43.2 Å². The third-order valence-corrected chi connectivity index (χ3v) is 7.16. The Hall–Kier alpha value is -1.88. The van der Waals surface area contributed by atoms with Gasteiger partial charge in [-0.2, -0.15) is 0 Å². The average molecular weight is 412 g/mol. The van der Waals surface area contributed by atoms with Gasteiger partial charge in [0.1, 0.15) is 6.04 Å². The summed E-state index contributed by atoms with van der Waals surface area (Å²) in [6.45, 7) is 6.01. The number of nitrogens with zero attached hydrogens (tertiary/aromatic N) is 3. The minimum atomic E-state index is -0.457. The van der Waals surface area contributed by atoms with Crippen molar-refractivity contribution in [1.82, 2.24) is 14.7 Å². The van der Waals surface area contributed by atoms with Crippen molar-refractivity contribution in [3.05, 3.63) is 35.9 Å². The summed E-state index contributed by atoms with van der Waals surface area (Å²) in [4.78, 5) is 32.8. The molecule has 0 aliphatic carbocycles. The zero-order valence-corrected chi connectivity index (χ0v) is 18.3. The first kappa shape index (κ1) is 21.4. The molecule has 30 heavy (non-hydrogen) atoms. The van der Waals surface area contributed by atoms with Crippen molar-refractivity contribution in [2.45, 2.75) is 63.8 Å². The molecular formula is C25H37N3O2. The summed E-state index contributed by atoms with van der Waals surface area (Å²) in [5.74, 6) is 0.933. The van der Waals surface area contributed by atoms with Crippen LogP contribution in [0.2, 0.25) is 0 Å². The summed E-state index contributed by atoms with van der Waals surface area (Å²) < 4.78 is 0. The Balaban J connectivity index is 1.39. The van der Waals surface area contributed by atoms with Gasteiger partial charge in [0.15, 0.2) is 0 Å². The summed E-state index contributed by atoms with van der Waals surface area (Å²) >= 11 is 0. The zero-order chi connectivity index (χ0) is 20.8. The average Bonchev–Trinajstić information content (AvgIpc) is 3.05. The highest BCUT2D eigenvalue weighted by molar-refractivity contribution is 5.89. The van der Waals surface area contributed by atoms with Crippen LogP contribution >= 0.6 is 0 Å². The van der Waals surface area contributed by atoms with Gasteiger partial charge in [-0.15, -0.1) is 0 Å². The molecule has 3 fully saturated rings. The molecule has 3 heterocycles. The van der Waals surface area contributed by atoms with Crippen LogP contribution < -0.4 is 0 Å². The first-order valence-corrected chi connectivity index (χ1v) is 12.1. The molecule has 0 saturated carbocycles. The third kappa shape index (κ3) is 5.23. The molecule has 0 radical (unpaired) electrons. The van der Waals surface area contributed by atoms with E-state index in [1.807, 2.05) is 40.1 Å². The molecule has 3 saturated heterocycles. The number of likely N-dealkylation sites (tertiary alicyclic amines) is 3. The normalized spacial score (nSPS) is 23.3. The van der Waals surface area contributed by atoms with Gasteiger partial charge in [0.25, 0.3) is 0 Å². The van der Waals surface area contributed by atoms with E-state index in [4.69, 9.17) is 0 Å². The van der Waals surface area contributed by atoms with Crippen LogP contribution in [-0.4, -0.2) is 65.8 Å². The van der Waals surface area contributed by atoms with Crippen molar-refractivity contribution in [1.29, 1.82) is 0 Å². The highest BCUT2D eigenvalue weighted by atomic mass is 16.2. The molecule has 0 spiro atoms. The second-order valence-electron chi connectivity index (χ2n) is 9.34. The molecule has 0 bridgehead atoms. The van der Waals surface area contributed by atoms with Crippen LogP contribution in [0.3, 0.4) is 0 Å².